The molecule has 0 aromatic heterocycles. The van der Waals surface area contributed by atoms with E-state index in [1.54, 1.807) is 12.1 Å². The van der Waals surface area contributed by atoms with Crippen LogP contribution in [0.25, 0.3) is 0 Å². The number of benzene rings is 1. The van der Waals surface area contributed by atoms with Crippen LogP contribution in [0.1, 0.15) is 25.3 Å². The number of ether oxygens (including phenoxy) is 1. The predicted molar refractivity (Wildman–Crippen MR) is 72.7 cm³/mol. The Morgan fingerprint density at radius 1 is 1.30 bits per heavy atom. The summed E-state index contributed by atoms with van der Waals surface area (Å²) in [6, 6.07) is 6.03. The third-order valence-corrected chi connectivity index (χ3v) is 2.72. The second-order valence-electron chi connectivity index (χ2n) is 4.62. The summed E-state index contributed by atoms with van der Waals surface area (Å²) >= 11 is 0. The number of aliphatic hydroxyl groups is 1. The third-order valence-electron chi connectivity index (χ3n) is 2.72. The van der Waals surface area contributed by atoms with Crippen molar-refractivity contribution in [3.63, 3.8) is 0 Å². The van der Waals surface area contributed by atoms with E-state index in [4.69, 9.17) is 14.9 Å². The van der Waals surface area contributed by atoms with Crippen LogP contribution in [0, 0.1) is 0 Å². The average Bonchev–Trinajstić information content (AvgIpc) is 2.42. The van der Waals surface area contributed by atoms with Gasteiger partial charge in [-0.15, -0.1) is 0 Å². The van der Waals surface area contributed by atoms with Gasteiger partial charge in [0.05, 0.1) is 6.61 Å². The number of carboxylic acids is 1. The topological polar surface area (TPSA) is 95.9 Å². The van der Waals surface area contributed by atoms with Gasteiger partial charge in [-0.25, -0.2) is 4.79 Å². The van der Waals surface area contributed by atoms with E-state index in [1.807, 2.05) is 26.0 Å². The Hall–Kier alpha value is -2.08. The van der Waals surface area contributed by atoms with Crippen LogP contribution < -0.4 is 10.1 Å². The number of carbonyl (C=O) groups excluding carboxylic acids is 1. The van der Waals surface area contributed by atoms with E-state index in [2.05, 4.69) is 5.32 Å². The summed E-state index contributed by atoms with van der Waals surface area (Å²) in [5, 5.41) is 19.7. The number of carbonyl (C=O) groups is 2. The zero-order valence-electron chi connectivity index (χ0n) is 11.5. The van der Waals surface area contributed by atoms with Gasteiger partial charge < -0.3 is 20.3 Å². The fraction of sp³-hybridized carbons (Fsp3) is 0.429. The van der Waals surface area contributed by atoms with Crippen LogP contribution in [-0.4, -0.2) is 41.3 Å². The lowest BCUT2D eigenvalue weighted by Gasteiger charge is -2.15. The van der Waals surface area contributed by atoms with Gasteiger partial charge in [0.2, 0.25) is 0 Å². The quantitative estimate of drug-likeness (QED) is 0.685. The Labute approximate surface area is 117 Å². The number of carboxylic acid groups (broad SMARTS) is 1. The van der Waals surface area contributed by atoms with Gasteiger partial charge in [0.25, 0.3) is 5.91 Å². The van der Waals surface area contributed by atoms with Gasteiger partial charge in [0.15, 0.2) is 6.61 Å². The molecule has 0 aliphatic heterocycles. The van der Waals surface area contributed by atoms with Crippen molar-refractivity contribution in [2.24, 2.45) is 0 Å². The number of para-hydroxylation sites is 1. The number of aliphatic hydroxyl groups excluding tert-OH is 1. The second-order valence-corrected chi connectivity index (χ2v) is 4.62. The smallest absolute Gasteiger partial charge is 0.328 e. The molecule has 0 radical (unpaired) electrons. The van der Waals surface area contributed by atoms with E-state index in [0.29, 0.717) is 5.75 Å². The van der Waals surface area contributed by atoms with Gasteiger partial charge in [-0.3, -0.25) is 4.79 Å². The van der Waals surface area contributed by atoms with E-state index in [0.717, 1.165) is 5.56 Å². The minimum atomic E-state index is -1.31. The molecule has 1 atom stereocenters. The van der Waals surface area contributed by atoms with Gasteiger partial charge in [0.1, 0.15) is 11.8 Å². The molecule has 1 aromatic carbocycles. The number of hydrogen-bond acceptors (Lipinski definition) is 4. The number of aliphatic carboxylic acids is 1. The first-order chi connectivity index (χ1) is 9.45. The molecule has 0 aliphatic rings. The van der Waals surface area contributed by atoms with Crippen molar-refractivity contribution in [2.45, 2.75) is 25.8 Å². The zero-order chi connectivity index (χ0) is 15.1. The molecule has 0 bridgehead atoms. The lowest BCUT2D eigenvalue weighted by Crippen LogP contribution is -2.45. The number of nitrogens with one attached hydrogen (secondary N) is 1. The van der Waals surface area contributed by atoms with Crippen molar-refractivity contribution in [3.8, 4) is 5.75 Å². The molecular weight excluding hydrogens is 262 g/mol. The van der Waals surface area contributed by atoms with Crippen molar-refractivity contribution < 1.29 is 24.5 Å². The van der Waals surface area contributed by atoms with E-state index in [1.165, 1.54) is 0 Å². The minimum Gasteiger partial charge on any atom is -0.483 e. The van der Waals surface area contributed by atoms with Crippen molar-refractivity contribution in [1.82, 2.24) is 5.32 Å². The largest absolute Gasteiger partial charge is 0.483 e. The third kappa shape index (κ3) is 4.55. The summed E-state index contributed by atoms with van der Waals surface area (Å²) in [7, 11) is 0. The van der Waals surface area contributed by atoms with Crippen LogP contribution in [-0.2, 0) is 9.59 Å². The first-order valence-corrected chi connectivity index (χ1v) is 6.30. The van der Waals surface area contributed by atoms with Gasteiger partial charge in [0, 0.05) is 0 Å². The Bertz CT molecular complexity index is 472. The van der Waals surface area contributed by atoms with Crippen LogP contribution in [0.2, 0.25) is 0 Å². The van der Waals surface area contributed by atoms with Crippen LogP contribution in [0.5, 0.6) is 5.75 Å². The molecule has 0 aliphatic carbocycles. The van der Waals surface area contributed by atoms with Gasteiger partial charge >= 0.3 is 5.97 Å². The highest BCUT2D eigenvalue weighted by Crippen LogP contribution is 2.25. The Morgan fingerprint density at radius 3 is 2.50 bits per heavy atom. The van der Waals surface area contributed by atoms with Crippen LogP contribution >= 0.6 is 0 Å². The molecule has 110 valence electrons. The average molecular weight is 281 g/mol. The second kappa shape index (κ2) is 7.49. The molecule has 0 heterocycles. The Kier molecular flexibility index (Phi) is 5.99. The van der Waals surface area contributed by atoms with Crippen molar-refractivity contribution in [3.05, 3.63) is 29.8 Å². The predicted octanol–water partition coefficient (Wildman–Crippen LogP) is 0.750. The summed E-state index contributed by atoms with van der Waals surface area (Å²) < 4.78 is 5.40. The van der Waals surface area contributed by atoms with Crippen molar-refractivity contribution in [2.75, 3.05) is 13.2 Å². The van der Waals surface area contributed by atoms with E-state index >= 15 is 0 Å². The molecule has 3 N–H and O–H groups in total. The van der Waals surface area contributed by atoms with Gasteiger partial charge in [-0.1, -0.05) is 32.0 Å². The molecule has 1 amide bonds. The molecule has 0 spiro atoms. The minimum absolute atomic E-state index is 0.249. The highest BCUT2D eigenvalue weighted by atomic mass is 16.5. The number of hydrogen-bond donors (Lipinski definition) is 3. The lowest BCUT2D eigenvalue weighted by molar-refractivity contribution is -0.143. The first kappa shape index (κ1) is 16.0. The monoisotopic (exact) mass is 281 g/mol. The number of rotatable bonds is 7. The molecule has 6 heteroatoms. The van der Waals surface area contributed by atoms with Crippen molar-refractivity contribution >= 4 is 11.9 Å². The fourth-order valence-corrected chi connectivity index (χ4v) is 1.65. The summed E-state index contributed by atoms with van der Waals surface area (Å²) in [6.07, 6.45) is 0. The molecule has 1 aromatic rings. The van der Waals surface area contributed by atoms with Crippen LogP contribution in [0.3, 0.4) is 0 Å². The van der Waals surface area contributed by atoms with E-state index < -0.39 is 24.5 Å². The van der Waals surface area contributed by atoms with Gasteiger partial charge in [-0.2, -0.15) is 0 Å². The zero-order valence-corrected chi connectivity index (χ0v) is 11.5. The molecular formula is C14H19NO5. The Morgan fingerprint density at radius 2 is 1.95 bits per heavy atom. The number of amides is 1. The maximum Gasteiger partial charge on any atom is 0.328 e. The first-order valence-electron chi connectivity index (χ1n) is 6.30. The van der Waals surface area contributed by atoms with Gasteiger partial charge in [-0.05, 0) is 17.5 Å². The standard InChI is InChI=1S/C14H19NO5/c1-9(2)10-5-3-4-6-12(10)20-8-13(17)15-11(7-16)14(18)19/h3-6,9,11,16H,7-8H2,1-2H3,(H,15,17)(H,18,19)/t11-/m0/s1. The molecule has 20 heavy (non-hydrogen) atoms. The molecule has 0 fully saturated rings. The molecule has 6 nitrogen and oxygen atoms in total. The lowest BCUT2D eigenvalue weighted by atomic mass is 10.0. The summed E-state index contributed by atoms with van der Waals surface area (Å²) in [5.74, 6) is -1.04. The molecule has 0 saturated carbocycles. The highest BCUT2D eigenvalue weighted by molar-refractivity contribution is 5.84. The fourth-order valence-electron chi connectivity index (χ4n) is 1.65. The van der Waals surface area contributed by atoms with Crippen molar-refractivity contribution in [1.29, 1.82) is 0 Å². The highest BCUT2D eigenvalue weighted by Gasteiger charge is 2.19. The van der Waals surface area contributed by atoms with Crippen LogP contribution in [0.15, 0.2) is 24.3 Å². The maximum atomic E-state index is 11.6. The van der Waals surface area contributed by atoms with Crippen LogP contribution in [0.4, 0.5) is 0 Å². The molecule has 1 rings (SSSR count). The summed E-state index contributed by atoms with van der Waals surface area (Å²) in [4.78, 5) is 22.2. The maximum absolute atomic E-state index is 11.6. The van der Waals surface area contributed by atoms with E-state index in [-0.39, 0.29) is 12.5 Å². The Balaban J connectivity index is 2.59. The summed E-state index contributed by atoms with van der Waals surface area (Å²) in [6.45, 7) is 3.06. The summed E-state index contributed by atoms with van der Waals surface area (Å²) in [5.41, 5.74) is 0.970. The molecule has 0 unspecified atom stereocenters. The van der Waals surface area contributed by atoms with E-state index in [9.17, 15) is 9.59 Å². The molecule has 0 saturated heterocycles. The SMILES string of the molecule is CC(C)c1ccccc1OCC(=O)N[C@@H](CO)C(=O)O. The normalized spacial score (nSPS) is 12.0.